The number of imide groups is 1. The normalized spacial score (nSPS) is 14.2. The van der Waals surface area contributed by atoms with E-state index in [0.717, 1.165) is 22.2 Å². The highest BCUT2D eigenvalue weighted by Gasteiger charge is 2.36. The standard InChI is InChI=1S/C27H22N2O6S/c1-17-4-3-5-20(14-17)28-24(30)16-29-25(31)23(36-27(29)33)15-18-6-10-22(11-7-18)35-26(32)19-8-12-21(34-2)13-9-19/h3-15H,16H2,1-2H3,(H,28,30)/b23-15+. The summed E-state index contributed by atoms with van der Waals surface area (Å²) in [6.45, 7) is 1.52. The molecule has 0 saturated carbocycles. The molecule has 1 N–H and O–H groups in total. The Bertz CT molecular complexity index is 1350. The van der Waals surface area contributed by atoms with Gasteiger partial charge in [-0.2, -0.15) is 0 Å². The summed E-state index contributed by atoms with van der Waals surface area (Å²) in [7, 11) is 1.54. The predicted molar refractivity (Wildman–Crippen MR) is 137 cm³/mol. The maximum absolute atomic E-state index is 12.7. The van der Waals surface area contributed by atoms with Crippen molar-refractivity contribution in [3.05, 3.63) is 94.4 Å². The average Bonchev–Trinajstić information content (AvgIpc) is 3.12. The Balaban J connectivity index is 1.37. The second kappa shape index (κ2) is 10.9. The van der Waals surface area contributed by atoms with Crippen LogP contribution in [-0.4, -0.2) is 41.6 Å². The molecule has 9 heteroatoms. The van der Waals surface area contributed by atoms with Crippen molar-refractivity contribution in [3.8, 4) is 11.5 Å². The Labute approximate surface area is 211 Å². The molecule has 0 radical (unpaired) electrons. The second-order valence-electron chi connectivity index (χ2n) is 7.87. The van der Waals surface area contributed by atoms with Gasteiger partial charge in [0.15, 0.2) is 0 Å². The summed E-state index contributed by atoms with van der Waals surface area (Å²) in [4.78, 5) is 50.9. The van der Waals surface area contributed by atoms with Crippen LogP contribution < -0.4 is 14.8 Å². The second-order valence-corrected chi connectivity index (χ2v) is 8.87. The Morgan fingerprint density at radius 1 is 0.972 bits per heavy atom. The number of benzene rings is 3. The van der Waals surface area contributed by atoms with Crippen LogP contribution in [0.4, 0.5) is 10.5 Å². The molecule has 1 aliphatic rings. The number of rotatable bonds is 7. The van der Waals surface area contributed by atoms with Crippen molar-refractivity contribution in [3.63, 3.8) is 0 Å². The summed E-state index contributed by atoms with van der Waals surface area (Å²) >= 11 is 0.765. The van der Waals surface area contributed by atoms with Crippen LogP contribution in [0.2, 0.25) is 0 Å². The molecule has 1 aliphatic heterocycles. The predicted octanol–water partition coefficient (Wildman–Crippen LogP) is 4.90. The molecule has 8 nitrogen and oxygen atoms in total. The van der Waals surface area contributed by atoms with Gasteiger partial charge in [0.1, 0.15) is 18.0 Å². The van der Waals surface area contributed by atoms with Crippen LogP contribution in [0.1, 0.15) is 21.5 Å². The zero-order chi connectivity index (χ0) is 25.7. The third-order valence-corrected chi connectivity index (χ3v) is 6.10. The Kier molecular flexibility index (Phi) is 7.50. The first-order valence-electron chi connectivity index (χ1n) is 10.9. The molecule has 1 heterocycles. The summed E-state index contributed by atoms with van der Waals surface area (Å²) in [5, 5.41) is 2.18. The number of anilines is 1. The lowest BCUT2D eigenvalue weighted by molar-refractivity contribution is -0.127. The van der Waals surface area contributed by atoms with Gasteiger partial charge in [-0.1, -0.05) is 24.3 Å². The van der Waals surface area contributed by atoms with E-state index in [0.29, 0.717) is 28.3 Å². The maximum Gasteiger partial charge on any atom is 0.343 e. The molecular weight excluding hydrogens is 480 g/mol. The molecule has 0 aliphatic carbocycles. The van der Waals surface area contributed by atoms with Crippen LogP contribution in [0.3, 0.4) is 0 Å². The van der Waals surface area contributed by atoms with E-state index in [4.69, 9.17) is 9.47 Å². The molecule has 3 aromatic carbocycles. The molecule has 182 valence electrons. The molecule has 4 rings (SSSR count). The van der Waals surface area contributed by atoms with E-state index in [9.17, 15) is 19.2 Å². The van der Waals surface area contributed by atoms with Crippen molar-refractivity contribution < 1.29 is 28.7 Å². The van der Waals surface area contributed by atoms with E-state index in [1.54, 1.807) is 79.9 Å². The highest BCUT2D eigenvalue weighted by atomic mass is 32.2. The van der Waals surface area contributed by atoms with Crippen LogP contribution >= 0.6 is 11.8 Å². The number of nitrogens with zero attached hydrogens (tertiary/aromatic N) is 1. The molecule has 1 saturated heterocycles. The first-order chi connectivity index (χ1) is 17.3. The van der Waals surface area contributed by atoms with Gasteiger partial charge in [0.05, 0.1) is 17.6 Å². The van der Waals surface area contributed by atoms with Gasteiger partial charge in [-0.05, 0) is 84.4 Å². The number of hydrogen-bond donors (Lipinski definition) is 1. The van der Waals surface area contributed by atoms with Gasteiger partial charge in [-0.25, -0.2) is 4.79 Å². The third-order valence-electron chi connectivity index (χ3n) is 5.19. The molecular formula is C27H22N2O6S. The highest BCUT2D eigenvalue weighted by molar-refractivity contribution is 8.18. The fourth-order valence-electron chi connectivity index (χ4n) is 3.38. The Morgan fingerprint density at radius 3 is 2.33 bits per heavy atom. The van der Waals surface area contributed by atoms with E-state index >= 15 is 0 Å². The number of hydrogen-bond acceptors (Lipinski definition) is 7. The minimum absolute atomic E-state index is 0.200. The van der Waals surface area contributed by atoms with Crippen molar-refractivity contribution in [2.75, 3.05) is 19.0 Å². The van der Waals surface area contributed by atoms with Gasteiger partial charge in [0.2, 0.25) is 5.91 Å². The van der Waals surface area contributed by atoms with Gasteiger partial charge in [-0.3, -0.25) is 19.3 Å². The monoisotopic (exact) mass is 502 g/mol. The number of methoxy groups -OCH3 is 1. The van der Waals surface area contributed by atoms with E-state index in [2.05, 4.69) is 5.32 Å². The number of nitrogens with one attached hydrogen (secondary N) is 1. The first kappa shape index (κ1) is 24.7. The molecule has 3 amide bonds. The number of carbonyl (C=O) groups is 4. The number of thioether (sulfide) groups is 1. The van der Waals surface area contributed by atoms with Gasteiger partial charge in [0, 0.05) is 5.69 Å². The largest absolute Gasteiger partial charge is 0.497 e. The summed E-state index contributed by atoms with van der Waals surface area (Å²) in [6.07, 6.45) is 1.55. The van der Waals surface area contributed by atoms with Gasteiger partial charge >= 0.3 is 5.97 Å². The van der Waals surface area contributed by atoms with E-state index in [1.165, 1.54) is 0 Å². The van der Waals surface area contributed by atoms with Crippen LogP contribution in [-0.2, 0) is 9.59 Å². The summed E-state index contributed by atoms with van der Waals surface area (Å²) < 4.78 is 10.5. The lowest BCUT2D eigenvalue weighted by atomic mass is 10.2. The van der Waals surface area contributed by atoms with Crippen LogP contribution in [0.5, 0.6) is 11.5 Å². The molecule has 36 heavy (non-hydrogen) atoms. The highest BCUT2D eigenvalue weighted by Crippen LogP contribution is 2.32. The number of ether oxygens (including phenoxy) is 2. The summed E-state index contributed by atoms with van der Waals surface area (Å²) in [5.74, 6) is -0.567. The van der Waals surface area contributed by atoms with E-state index < -0.39 is 23.0 Å². The molecule has 0 atom stereocenters. The minimum atomic E-state index is -0.542. The van der Waals surface area contributed by atoms with Crippen molar-refractivity contribution in [1.29, 1.82) is 0 Å². The minimum Gasteiger partial charge on any atom is -0.497 e. The molecule has 0 bridgehead atoms. The van der Waals surface area contributed by atoms with Crippen molar-refractivity contribution in [1.82, 2.24) is 4.90 Å². The van der Waals surface area contributed by atoms with Gasteiger partial charge in [-0.15, -0.1) is 0 Å². The Hall–Kier alpha value is -4.37. The lowest BCUT2D eigenvalue weighted by Gasteiger charge is -2.12. The van der Waals surface area contributed by atoms with Crippen LogP contribution in [0.15, 0.2) is 77.7 Å². The number of aryl methyl sites for hydroxylation is 1. The maximum atomic E-state index is 12.7. The fourth-order valence-corrected chi connectivity index (χ4v) is 4.22. The summed E-state index contributed by atoms with van der Waals surface area (Å²) in [6, 6.07) is 20.3. The summed E-state index contributed by atoms with van der Waals surface area (Å²) in [5.41, 5.74) is 2.58. The topological polar surface area (TPSA) is 102 Å². The van der Waals surface area contributed by atoms with Crippen LogP contribution in [0, 0.1) is 6.92 Å². The first-order valence-corrected chi connectivity index (χ1v) is 11.7. The molecule has 0 spiro atoms. The smallest absolute Gasteiger partial charge is 0.343 e. The third kappa shape index (κ3) is 6.00. The van der Waals surface area contributed by atoms with Crippen molar-refractivity contribution in [2.45, 2.75) is 6.92 Å². The average molecular weight is 503 g/mol. The van der Waals surface area contributed by atoms with Crippen molar-refractivity contribution in [2.24, 2.45) is 0 Å². The van der Waals surface area contributed by atoms with Crippen LogP contribution in [0.25, 0.3) is 6.08 Å². The lowest BCUT2D eigenvalue weighted by Crippen LogP contribution is -2.36. The van der Waals surface area contributed by atoms with Crippen molar-refractivity contribution >= 4 is 46.5 Å². The number of carbonyl (C=O) groups excluding carboxylic acids is 4. The quantitative estimate of drug-likeness (QED) is 0.279. The molecule has 1 fully saturated rings. The number of esters is 1. The van der Waals surface area contributed by atoms with E-state index in [-0.39, 0.29) is 11.4 Å². The fraction of sp³-hybridized carbons (Fsp3) is 0.111. The molecule has 0 aromatic heterocycles. The number of amides is 3. The van der Waals surface area contributed by atoms with E-state index in [1.807, 2.05) is 13.0 Å². The molecule has 3 aromatic rings. The SMILES string of the molecule is COc1ccc(C(=O)Oc2ccc(/C=C3/SC(=O)N(CC(=O)Nc4cccc(C)c4)C3=O)cc2)cc1. The van der Waals surface area contributed by atoms with Gasteiger partial charge < -0.3 is 14.8 Å². The Morgan fingerprint density at radius 2 is 1.67 bits per heavy atom. The van der Waals surface area contributed by atoms with Gasteiger partial charge in [0.25, 0.3) is 11.1 Å². The molecule has 0 unspecified atom stereocenters. The zero-order valence-electron chi connectivity index (χ0n) is 19.5. The zero-order valence-corrected chi connectivity index (χ0v) is 20.3.